The average Bonchev–Trinajstić information content (AvgIpc) is 3.20. The molecule has 1 heterocycles. The molecule has 0 radical (unpaired) electrons. The Hall–Kier alpha value is -3.79. The fraction of sp³-hybridized carbons (Fsp3) is 0. The normalized spacial score (nSPS) is 11.1. The van der Waals surface area contributed by atoms with Gasteiger partial charge in [-0.25, -0.2) is 13.8 Å². The van der Waals surface area contributed by atoms with E-state index >= 15 is 0 Å². The van der Waals surface area contributed by atoms with Gasteiger partial charge in [0.15, 0.2) is 5.58 Å². The van der Waals surface area contributed by atoms with Crippen molar-refractivity contribution in [1.82, 2.24) is 4.98 Å². The maximum absolute atomic E-state index is 14.3. The van der Waals surface area contributed by atoms with Crippen LogP contribution in [0.2, 0.25) is 0 Å². The molecule has 0 aliphatic rings. The Bertz CT molecular complexity index is 1310. The minimum Gasteiger partial charge on any atom is -0.436 e. The number of benzene rings is 4. The van der Waals surface area contributed by atoms with E-state index in [9.17, 15) is 8.78 Å². The summed E-state index contributed by atoms with van der Waals surface area (Å²) in [6.45, 7) is 0. The molecule has 5 rings (SSSR count). The van der Waals surface area contributed by atoms with Crippen molar-refractivity contribution in [2.75, 3.05) is 0 Å². The molecule has 0 saturated heterocycles. The highest BCUT2D eigenvalue weighted by atomic mass is 19.1. The first-order valence-corrected chi connectivity index (χ1v) is 9.20. The maximum Gasteiger partial charge on any atom is 0.230 e. The standard InChI is InChI=1S/C25H15F2NO/c26-19-11-12-22(27)21(15-19)25-28-24-20(17-9-5-2-6-10-17)13-18(14-23(24)29-25)16-7-3-1-4-8-16/h1-15H. The van der Waals surface area contributed by atoms with Crippen LogP contribution >= 0.6 is 0 Å². The van der Waals surface area contributed by atoms with Crippen molar-refractivity contribution < 1.29 is 13.2 Å². The lowest BCUT2D eigenvalue weighted by Gasteiger charge is -2.07. The van der Waals surface area contributed by atoms with Crippen LogP contribution in [0.5, 0.6) is 0 Å². The van der Waals surface area contributed by atoms with E-state index in [-0.39, 0.29) is 11.5 Å². The molecule has 0 saturated carbocycles. The van der Waals surface area contributed by atoms with Gasteiger partial charge in [0.2, 0.25) is 5.89 Å². The van der Waals surface area contributed by atoms with Crippen LogP contribution < -0.4 is 0 Å². The first-order valence-electron chi connectivity index (χ1n) is 9.20. The van der Waals surface area contributed by atoms with Crippen LogP contribution in [0.15, 0.2) is 95.4 Å². The SMILES string of the molecule is Fc1ccc(F)c(-c2nc3c(-c4ccccc4)cc(-c4ccccc4)cc3o2)c1. The van der Waals surface area contributed by atoms with Gasteiger partial charge in [0, 0.05) is 5.56 Å². The van der Waals surface area contributed by atoms with Crippen molar-refractivity contribution in [2.24, 2.45) is 0 Å². The highest BCUT2D eigenvalue weighted by Gasteiger charge is 2.18. The number of halogens is 2. The quantitative estimate of drug-likeness (QED) is 0.332. The predicted molar refractivity (Wildman–Crippen MR) is 110 cm³/mol. The summed E-state index contributed by atoms with van der Waals surface area (Å²) in [4.78, 5) is 4.52. The molecule has 0 atom stereocenters. The van der Waals surface area contributed by atoms with Crippen molar-refractivity contribution >= 4 is 11.1 Å². The molecule has 140 valence electrons. The van der Waals surface area contributed by atoms with Gasteiger partial charge in [-0.1, -0.05) is 60.7 Å². The Morgan fingerprint density at radius 1 is 0.621 bits per heavy atom. The van der Waals surface area contributed by atoms with Crippen molar-refractivity contribution in [3.05, 3.63) is 103 Å². The number of fused-ring (bicyclic) bond motifs is 1. The van der Waals surface area contributed by atoms with Gasteiger partial charge in [0.25, 0.3) is 0 Å². The number of hydrogen-bond donors (Lipinski definition) is 0. The predicted octanol–water partition coefficient (Wildman–Crippen LogP) is 7.11. The lowest BCUT2D eigenvalue weighted by molar-refractivity contribution is 0.580. The summed E-state index contributed by atoms with van der Waals surface area (Å²) < 4.78 is 33.9. The second-order valence-corrected chi connectivity index (χ2v) is 6.75. The molecule has 1 aromatic heterocycles. The highest BCUT2D eigenvalue weighted by molar-refractivity contribution is 5.96. The lowest BCUT2D eigenvalue weighted by atomic mass is 9.98. The van der Waals surface area contributed by atoms with Crippen molar-refractivity contribution in [3.8, 4) is 33.7 Å². The Morgan fingerprint density at radius 2 is 1.31 bits per heavy atom. The Labute approximate surface area is 166 Å². The molecule has 4 aromatic carbocycles. The molecule has 0 aliphatic heterocycles. The Kier molecular flexibility index (Phi) is 4.17. The fourth-order valence-electron chi connectivity index (χ4n) is 3.44. The number of aromatic nitrogens is 1. The molecule has 0 fully saturated rings. The molecule has 2 nitrogen and oxygen atoms in total. The van der Waals surface area contributed by atoms with Gasteiger partial charge in [0.1, 0.15) is 17.2 Å². The molecule has 0 unspecified atom stereocenters. The number of nitrogens with zero attached hydrogens (tertiary/aromatic N) is 1. The number of hydrogen-bond acceptors (Lipinski definition) is 2. The van der Waals surface area contributed by atoms with Crippen molar-refractivity contribution in [1.29, 1.82) is 0 Å². The van der Waals surface area contributed by atoms with Crippen LogP contribution in [-0.2, 0) is 0 Å². The molecule has 0 bridgehead atoms. The van der Waals surface area contributed by atoms with E-state index in [0.29, 0.717) is 11.1 Å². The Morgan fingerprint density at radius 3 is 2.03 bits per heavy atom. The molecule has 0 spiro atoms. The molecule has 0 amide bonds. The number of rotatable bonds is 3. The minimum atomic E-state index is -0.581. The van der Waals surface area contributed by atoms with Crippen molar-refractivity contribution in [2.45, 2.75) is 0 Å². The lowest BCUT2D eigenvalue weighted by Crippen LogP contribution is -1.87. The van der Waals surface area contributed by atoms with E-state index in [4.69, 9.17) is 4.42 Å². The van der Waals surface area contributed by atoms with Crippen LogP contribution in [0.1, 0.15) is 0 Å². The van der Waals surface area contributed by atoms with Crippen LogP contribution in [0.4, 0.5) is 8.78 Å². The smallest absolute Gasteiger partial charge is 0.230 e. The van der Waals surface area contributed by atoms with Gasteiger partial charge in [-0.3, -0.25) is 0 Å². The summed E-state index contributed by atoms with van der Waals surface area (Å²) in [7, 11) is 0. The first kappa shape index (κ1) is 17.3. The van der Waals surface area contributed by atoms with Gasteiger partial charge in [-0.2, -0.15) is 0 Å². The van der Waals surface area contributed by atoms with Gasteiger partial charge >= 0.3 is 0 Å². The topological polar surface area (TPSA) is 26.0 Å². The van der Waals surface area contributed by atoms with E-state index in [1.165, 1.54) is 0 Å². The first-order chi connectivity index (χ1) is 14.2. The van der Waals surface area contributed by atoms with E-state index in [1.54, 1.807) is 0 Å². The van der Waals surface area contributed by atoms with Gasteiger partial charge in [-0.15, -0.1) is 0 Å². The molecule has 0 N–H and O–H groups in total. The summed E-state index contributed by atoms with van der Waals surface area (Å²) in [5.74, 6) is -1.07. The van der Waals surface area contributed by atoms with Crippen LogP contribution in [0.3, 0.4) is 0 Å². The van der Waals surface area contributed by atoms with E-state index in [2.05, 4.69) is 4.98 Å². The van der Waals surface area contributed by atoms with E-state index in [1.807, 2.05) is 72.8 Å². The summed E-state index contributed by atoms with van der Waals surface area (Å²) in [6.07, 6.45) is 0. The highest BCUT2D eigenvalue weighted by Crippen LogP contribution is 2.36. The monoisotopic (exact) mass is 383 g/mol. The van der Waals surface area contributed by atoms with E-state index < -0.39 is 11.6 Å². The summed E-state index contributed by atoms with van der Waals surface area (Å²) in [5.41, 5.74) is 4.95. The molecule has 5 aromatic rings. The third-order valence-corrected chi connectivity index (χ3v) is 4.85. The molecular formula is C25H15F2NO. The van der Waals surface area contributed by atoms with Gasteiger partial charge in [0.05, 0.1) is 5.56 Å². The van der Waals surface area contributed by atoms with Crippen molar-refractivity contribution in [3.63, 3.8) is 0 Å². The van der Waals surface area contributed by atoms with Gasteiger partial charge in [-0.05, 0) is 47.0 Å². The second-order valence-electron chi connectivity index (χ2n) is 6.75. The van der Waals surface area contributed by atoms with Gasteiger partial charge < -0.3 is 4.42 Å². The zero-order chi connectivity index (χ0) is 19.8. The summed E-state index contributed by atoms with van der Waals surface area (Å²) in [6, 6.07) is 26.9. The molecular weight excluding hydrogens is 368 g/mol. The maximum atomic E-state index is 14.3. The third-order valence-electron chi connectivity index (χ3n) is 4.85. The molecule has 29 heavy (non-hydrogen) atoms. The molecule has 4 heteroatoms. The largest absolute Gasteiger partial charge is 0.436 e. The fourth-order valence-corrected chi connectivity index (χ4v) is 3.44. The molecule has 0 aliphatic carbocycles. The van der Waals surface area contributed by atoms with E-state index in [0.717, 1.165) is 40.5 Å². The van der Waals surface area contributed by atoms with Crippen LogP contribution in [0, 0.1) is 11.6 Å². The minimum absolute atomic E-state index is 0.00136. The third kappa shape index (κ3) is 3.19. The number of oxazole rings is 1. The summed E-state index contributed by atoms with van der Waals surface area (Å²) >= 11 is 0. The Balaban J connectivity index is 1.78. The van der Waals surface area contributed by atoms with Crippen LogP contribution in [0.25, 0.3) is 44.8 Å². The van der Waals surface area contributed by atoms with Crippen LogP contribution in [-0.4, -0.2) is 4.98 Å². The summed E-state index contributed by atoms with van der Waals surface area (Å²) in [5, 5.41) is 0. The zero-order valence-electron chi connectivity index (χ0n) is 15.3. The second kappa shape index (κ2) is 6.99. The zero-order valence-corrected chi connectivity index (χ0v) is 15.3. The average molecular weight is 383 g/mol.